The lowest BCUT2D eigenvalue weighted by atomic mass is 9.70. The zero-order valence-electron chi connectivity index (χ0n) is 14.3. The van der Waals surface area contributed by atoms with Crippen molar-refractivity contribution in [1.29, 1.82) is 0 Å². The molecule has 3 unspecified atom stereocenters. The fraction of sp³-hybridized carbons (Fsp3) is 1.00. The topological polar surface area (TPSA) is 15.3 Å². The van der Waals surface area contributed by atoms with Crippen molar-refractivity contribution < 1.29 is 0 Å². The molecule has 20 heavy (non-hydrogen) atoms. The number of hydrogen-bond donors (Lipinski definition) is 1. The van der Waals surface area contributed by atoms with Gasteiger partial charge >= 0.3 is 0 Å². The van der Waals surface area contributed by atoms with E-state index in [1.807, 2.05) is 0 Å². The number of rotatable bonds is 5. The van der Waals surface area contributed by atoms with Crippen molar-refractivity contribution in [2.24, 2.45) is 11.3 Å². The zero-order valence-corrected chi connectivity index (χ0v) is 14.3. The molecule has 0 amide bonds. The molecule has 1 aliphatic heterocycles. The molecule has 0 spiro atoms. The molecule has 2 fully saturated rings. The Bertz CT molecular complexity index is 281. The Kier molecular flexibility index (Phi) is 5.92. The molecule has 2 rings (SSSR count). The highest BCUT2D eigenvalue weighted by molar-refractivity contribution is 4.89. The van der Waals surface area contributed by atoms with Crippen LogP contribution in [0.25, 0.3) is 0 Å². The quantitative estimate of drug-likeness (QED) is 0.817. The minimum absolute atomic E-state index is 0.536. The lowest BCUT2D eigenvalue weighted by Gasteiger charge is -2.45. The number of nitrogens with one attached hydrogen (secondary N) is 1. The van der Waals surface area contributed by atoms with Gasteiger partial charge < -0.3 is 5.32 Å². The summed E-state index contributed by atoms with van der Waals surface area (Å²) in [7, 11) is 0. The highest BCUT2D eigenvalue weighted by Gasteiger charge is 2.35. The van der Waals surface area contributed by atoms with Crippen molar-refractivity contribution in [3.63, 3.8) is 0 Å². The van der Waals surface area contributed by atoms with E-state index in [0.717, 1.165) is 18.0 Å². The lowest BCUT2D eigenvalue weighted by Crippen LogP contribution is -2.50. The summed E-state index contributed by atoms with van der Waals surface area (Å²) in [6, 6.07) is 1.56. The predicted octanol–water partition coefficient (Wildman–Crippen LogP) is 4.06. The van der Waals surface area contributed by atoms with Gasteiger partial charge in [-0.15, -0.1) is 0 Å². The lowest BCUT2D eigenvalue weighted by molar-refractivity contribution is 0.0581. The van der Waals surface area contributed by atoms with Gasteiger partial charge in [-0.2, -0.15) is 0 Å². The molecular formula is C18H36N2. The van der Waals surface area contributed by atoms with Crippen LogP contribution < -0.4 is 5.32 Å². The summed E-state index contributed by atoms with van der Waals surface area (Å²) < 4.78 is 0. The van der Waals surface area contributed by atoms with Crippen molar-refractivity contribution >= 4 is 0 Å². The Morgan fingerprint density at radius 1 is 1.20 bits per heavy atom. The van der Waals surface area contributed by atoms with E-state index < -0.39 is 0 Å². The minimum Gasteiger partial charge on any atom is -0.313 e. The molecule has 118 valence electrons. The van der Waals surface area contributed by atoms with Crippen LogP contribution in [-0.2, 0) is 0 Å². The van der Waals surface area contributed by atoms with Gasteiger partial charge in [-0.05, 0) is 62.9 Å². The average Bonchev–Trinajstić information content (AvgIpc) is 2.37. The van der Waals surface area contributed by atoms with Crippen molar-refractivity contribution in [3.05, 3.63) is 0 Å². The molecular weight excluding hydrogens is 244 g/mol. The summed E-state index contributed by atoms with van der Waals surface area (Å²) in [5.74, 6) is 0.891. The third-order valence-electron chi connectivity index (χ3n) is 5.26. The van der Waals surface area contributed by atoms with Crippen LogP contribution in [0.3, 0.4) is 0 Å². The van der Waals surface area contributed by atoms with E-state index >= 15 is 0 Å². The van der Waals surface area contributed by atoms with Gasteiger partial charge in [0.1, 0.15) is 0 Å². The van der Waals surface area contributed by atoms with Crippen LogP contribution in [-0.4, -0.2) is 36.6 Å². The van der Waals surface area contributed by atoms with Crippen LogP contribution in [0.1, 0.15) is 72.6 Å². The molecule has 0 aromatic heterocycles. The second kappa shape index (κ2) is 7.26. The second-order valence-corrected chi connectivity index (χ2v) is 8.21. The molecule has 1 saturated heterocycles. The molecule has 0 bridgehead atoms. The number of hydrogen-bond acceptors (Lipinski definition) is 2. The third-order valence-corrected chi connectivity index (χ3v) is 5.26. The summed E-state index contributed by atoms with van der Waals surface area (Å²) in [5.41, 5.74) is 0.536. The first kappa shape index (κ1) is 16.3. The normalized spacial score (nSPS) is 34.4. The maximum atomic E-state index is 3.74. The van der Waals surface area contributed by atoms with E-state index in [1.165, 1.54) is 64.6 Å². The minimum atomic E-state index is 0.536. The van der Waals surface area contributed by atoms with Gasteiger partial charge in [-0.3, -0.25) is 4.90 Å². The van der Waals surface area contributed by atoms with E-state index in [1.54, 1.807) is 0 Å². The first-order valence-corrected chi connectivity index (χ1v) is 8.97. The van der Waals surface area contributed by atoms with Crippen LogP contribution in [0.15, 0.2) is 0 Å². The SMILES string of the molecule is CCCN(CC1CCCCN1)C1CC(C)CC(C)(C)C1. The maximum Gasteiger partial charge on any atom is 0.0195 e. The summed E-state index contributed by atoms with van der Waals surface area (Å²) in [4.78, 5) is 2.82. The number of nitrogens with zero attached hydrogens (tertiary/aromatic N) is 1. The molecule has 2 aliphatic rings. The Morgan fingerprint density at radius 2 is 2.00 bits per heavy atom. The van der Waals surface area contributed by atoms with Gasteiger partial charge in [0.2, 0.25) is 0 Å². The number of piperidine rings is 1. The zero-order chi connectivity index (χ0) is 14.6. The fourth-order valence-corrected chi connectivity index (χ4v) is 4.65. The molecule has 0 aromatic carbocycles. The van der Waals surface area contributed by atoms with Crippen LogP contribution in [0, 0.1) is 11.3 Å². The Balaban J connectivity index is 1.95. The monoisotopic (exact) mass is 280 g/mol. The Hall–Kier alpha value is -0.0800. The van der Waals surface area contributed by atoms with Crippen LogP contribution in [0.2, 0.25) is 0 Å². The molecule has 1 heterocycles. The van der Waals surface area contributed by atoms with Gasteiger partial charge in [0, 0.05) is 18.6 Å². The van der Waals surface area contributed by atoms with Crippen LogP contribution >= 0.6 is 0 Å². The van der Waals surface area contributed by atoms with E-state index in [0.29, 0.717) is 5.41 Å². The molecule has 0 aromatic rings. The summed E-state index contributed by atoms with van der Waals surface area (Å²) in [5, 5.41) is 3.74. The van der Waals surface area contributed by atoms with Crippen molar-refractivity contribution in [2.75, 3.05) is 19.6 Å². The van der Waals surface area contributed by atoms with Gasteiger partial charge in [0.05, 0.1) is 0 Å². The maximum absolute atomic E-state index is 3.74. The van der Waals surface area contributed by atoms with Gasteiger partial charge in [0.15, 0.2) is 0 Å². The van der Waals surface area contributed by atoms with Crippen molar-refractivity contribution in [1.82, 2.24) is 10.2 Å². The standard InChI is InChI=1S/C18H36N2/c1-5-10-20(14-16-8-6-7-9-19-16)17-11-15(2)12-18(3,4)13-17/h15-17,19H,5-14H2,1-4H3. The average molecular weight is 280 g/mol. The first-order chi connectivity index (χ1) is 9.50. The van der Waals surface area contributed by atoms with E-state index in [-0.39, 0.29) is 0 Å². The Labute approximate surface area is 126 Å². The van der Waals surface area contributed by atoms with E-state index in [4.69, 9.17) is 0 Å². The third kappa shape index (κ3) is 4.73. The second-order valence-electron chi connectivity index (χ2n) is 8.21. The smallest absolute Gasteiger partial charge is 0.0195 e. The molecule has 2 nitrogen and oxygen atoms in total. The van der Waals surface area contributed by atoms with Gasteiger partial charge in [-0.1, -0.05) is 34.1 Å². The first-order valence-electron chi connectivity index (χ1n) is 8.97. The van der Waals surface area contributed by atoms with Crippen molar-refractivity contribution in [3.8, 4) is 0 Å². The molecule has 1 saturated carbocycles. The van der Waals surface area contributed by atoms with Gasteiger partial charge in [-0.25, -0.2) is 0 Å². The van der Waals surface area contributed by atoms with E-state index in [2.05, 4.69) is 37.9 Å². The van der Waals surface area contributed by atoms with E-state index in [9.17, 15) is 0 Å². The summed E-state index contributed by atoms with van der Waals surface area (Å²) >= 11 is 0. The molecule has 1 aliphatic carbocycles. The predicted molar refractivity (Wildman–Crippen MR) is 88.1 cm³/mol. The molecule has 2 heteroatoms. The molecule has 0 radical (unpaired) electrons. The van der Waals surface area contributed by atoms with Crippen LogP contribution in [0.4, 0.5) is 0 Å². The van der Waals surface area contributed by atoms with Crippen molar-refractivity contribution in [2.45, 2.75) is 84.7 Å². The highest BCUT2D eigenvalue weighted by atomic mass is 15.2. The largest absolute Gasteiger partial charge is 0.313 e. The molecule has 3 atom stereocenters. The van der Waals surface area contributed by atoms with Gasteiger partial charge in [0.25, 0.3) is 0 Å². The fourth-order valence-electron chi connectivity index (χ4n) is 4.65. The summed E-state index contributed by atoms with van der Waals surface area (Å²) in [6.45, 7) is 13.5. The summed E-state index contributed by atoms with van der Waals surface area (Å²) in [6.07, 6.45) is 9.68. The van der Waals surface area contributed by atoms with Crippen LogP contribution in [0.5, 0.6) is 0 Å². The highest BCUT2D eigenvalue weighted by Crippen LogP contribution is 2.40. The Morgan fingerprint density at radius 3 is 2.60 bits per heavy atom. The molecule has 1 N–H and O–H groups in total.